The van der Waals surface area contributed by atoms with Crippen LogP contribution in [-0.2, 0) is 11.8 Å². The van der Waals surface area contributed by atoms with Gasteiger partial charge in [-0.3, -0.25) is 4.79 Å². The number of aryl methyl sites for hydroxylation is 1. The zero-order chi connectivity index (χ0) is 19.8. The standard InChI is InChI=1S/C19H27N5O3/c1-5-24(6-2)16(25)13-21-19(26)22-17(18-20-10-11-23(18)3)14-8-7-9-15(12-14)27-4/h7-12,17H,5-6,13H2,1-4H3,(H2,21,22,26). The van der Waals surface area contributed by atoms with E-state index in [2.05, 4.69) is 15.6 Å². The minimum Gasteiger partial charge on any atom is -0.497 e. The molecule has 1 heterocycles. The summed E-state index contributed by atoms with van der Waals surface area (Å²) in [7, 11) is 3.45. The van der Waals surface area contributed by atoms with Gasteiger partial charge >= 0.3 is 6.03 Å². The van der Waals surface area contributed by atoms with Crippen molar-refractivity contribution in [1.29, 1.82) is 0 Å². The molecular formula is C19H27N5O3. The smallest absolute Gasteiger partial charge is 0.316 e. The van der Waals surface area contributed by atoms with Crippen molar-refractivity contribution < 1.29 is 14.3 Å². The first-order chi connectivity index (χ1) is 13.0. The summed E-state index contributed by atoms with van der Waals surface area (Å²) in [5, 5.41) is 5.53. The SMILES string of the molecule is CCN(CC)C(=O)CNC(=O)NC(c1cccc(OC)c1)c1nccn1C. The van der Waals surface area contributed by atoms with Crippen molar-refractivity contribution in [1.82, 2.24) is 25.1 Å². The molecule has 146 valence electrons. The highest BCUT2D eigenvalue weighted by molar-refractivity contribution is 5.84. The zero-order valence-corrected chi connectivity index (χ0v) is 16.2. The van der Waals surface area contributed by atoms with E-state index in [4.69, 9.17) is 4.74 Å². The van der Waals surface area contributed by atoms with Crippen LogP contribution in [0.2, 0.25) is 0 Å². The second kappa shape index (κ2) is 9.61. The fraction of sp³-hybridized carbons (Fsp3) is 0.421. The number of likely N-dealkylation sites (N-methyl/N-ethyl adjacent to an activating group) is 1. The Labute approximate surface area is 159 Å². The Hall–Kier alpha value is -3.03. The number of hydrogen-bond donors (Lipinski definition) is 2. The molecule has 0 fully saturated rings. The van der Waals surface area contributed by atoms with E-state index in [1.54, 1.807) is 18.2 Å². The van der Waals surface area contributed by atoms with Gasteiger partial charge in [-0.2, -0.15) is 0 Å². The number of benzene rings is 1. The summed E-state index contributed by atoms with van der Waals surface area (Å²) in [5.74, 6) is 1.24. The lowest BCUT2D eigenvalue weighted by Crippen LogP contribution is -2.45. The largest absolute Gasteiger partial charge is 0.497 e. The van der Waals surface area contributed by atoms with E-state index >= 15 is 0 Å². The third-order valence-electron chi connectivity index (χ3n) is 4.34. The van der Waals surface area contributed by atoms with Crippen LogP contribution >= 0.6 is 0 Å². The molecule has 3 amide bonds. The van der Waals surface area contributed by atoms with Gasteiger partial charge < -0.3 is 24.8 Å². The predicted molar refractivity (Wildman–Crippen MR) is 103 cm³/mol. The number of urea groups is 1. The van der Waals surface area contributed by atoms with Crippen LogP contribution < -0.4 is 15.4 Å². The van der Waals surface area contributed by atoms with E-state index in [0.717, 1.165) is 5.56 Å². The number of carbonyl (C=O) groups is 2. The number of hydrogen-bond acceptors (Lipinski definition) is 4. The number of nitrogens with zero attached hydrogens (tertiary/aromatic N) is 3. The maximum atomic E-state index is 12.4. The second-order valence-electron chi connectivity index (χ2n) is 6.00. The first-order valence-electron chi connectivity index (χ1n) is 8.93. The minimum atomic E-state index is -0.483. The summed E-state index contributed by atoms with van der Waals surface area (Å²) in [4.78, 5) is 30.5. The van der Waals surface area contributed by atoms with Gasteiger partial charge in [-0.05, 0) is 31.5 Å². The average molecular weight is 373 g/mol. The van der Waals surface area contributed by atoms with Gasteiger partial charge in [0.05, 0.1) is 13.7 Å². The Balaban J connectivity index is 2.14. The number of methoxy groups -OCH3 is 1. The maximum absolute atomic E-state index is 12.4. The van der Waals surface area contributed by atoms with Crippen molar-refractivity contribution in [3.05, 3.63) is 48.0 Å². The fourth-order valence-electron chi connectivity index (χ4n) is 2.80. The molecule has 2 rings (SSSR count). The Morgan fingerprint density at radius 3 is 2.63 bits per heavy atom. The molecular weight excluding hydrogens is 346 g/mol. The van der Waals surface area contributed by atoms with E-state index in [-0.39, 0.29) is 12.5 Å². The summed E-state index contributed by atoms with van der Waals surface area (Å²) >= 11 is 0. The number of ether oxygens (including phenoxy) is 1. The zero-order valence-electron chi connectivity index (χ0n) is 16.2. The number of imidazole rings is 1. The molecule has 8 nitrogen and oxygen atoms in total. The van der Waals surface area contributed by atoms with Gasteiger partial charge in [-0.1, -0.05) is 12.1 Å². The quantitative estimate of drug-likeness (QED) is 0.737. The Kier molecular flexibility index (Phi) is 7.22. The number of nitrogens with one attached hydrogen (secondary N) is 2. The lowest BCUT2D eigenvalue weighted by Gasteiger charge is -2.21. The van der Waals surface area contributed by atoms with Crippen LogP contribution in [0.5, 0.6) is 5.75 Å². The summed E-state index contributed by atoms with van der Waals surface area (Å²) in [6.45, 7) is 4.97. The topological polar surface area (TPSA) is 88.5 Å². The molecule has 1 unspecified atom stereocenters. The highest BCUT2D eigenvalue weighted by atomic mass is 16.5. The molecule has 0 saturated carbocycles. The number of carbonyl (C=O) groups excluding carboxylic acids is 2. The number of amides is 3. The highest BCUT2D eigenvalue weighted by Gasteiger charge is 2.22. The van der Waals surface area contributed by atoms with Crippen molar-refractivity contribution >= 4 is 11.9 Å². The minimum absolute atomic E-state index is 0.0566. The Morgan fingerprint density at radius 1 is 1.30 bits per heavy atom. The normalized spacial score (nSPS) is 11.6. The van der Waals surface area contributed by atoms with Crippen molar-refractivity contribution in [2.75, 3.05) is 26.7 Å². The molecule has 1 aromatic heterocycles. The molecule has 0 aliphatic heterocycles. The van der Waals surface area contributed by atoms with Gasteiger partial charge in [0.25, 0.3) is 0 Å². The van der Waals surface area contributed by atoms with E-state index in [9.17, 15) is 9.59 Å². The summed E-state index contributed by atoms with van der Waals surface area (Å²) in [6.07, 6.45) is 3.48. The molecule has 0 saturated heterocycles. The van der Waals surface area contributed by atoms with Crippen molar-refractivity contribution in [3.8, 4) is 5.75 Å². The molecule has 1 aromatic carbocycles. The molecule has 8 heteroatoms. The van der Waals surface area contributed by atoms with Crippen molar-refractivity contribution in [3.63, 3.8) is 0 Å². The van der Waals surface area contributed by atoms with E-state index in [0.29, 0.717) is 24.7 Å². The molecule has 0 spiro atoms. The second-order valence-corrected chi connectivity index (χ2v) is 6.00. The number of aromatic nitrogens is 2. The molecule has 0 aliphatic rings. The van der Waals surface area contributed by atoms with Crippen LogP contribution in [-0.4, -0.2) is 53.1 Å². The molecule has 0 radical (unpaired) electrons. The van der Waals surface area contributed by atoms with Crippen LogP contribution in [0.15, 0.2) is 36.7 Å². The lowest BCUT2D eigenvalue weighted by atomic mass is 10.1. The van der Waals surface area contributed by atoms with E-state index in [1.807, 2.05) is 55.9 Å². The van der Waals surface area contributed by atoms with Crippen LogP contribution in [0.25, 0.3) is 0 Å². The fourth-order valence-corrected chi connectivity index (χ4v) is 2.80. The monoisotopic (exact) mass is 373 g/mol. The molecule has 2 N–H and O–H groups in total. The van der Waals surface area contributed by atoms with Gasteiger partial charge in [-0.25, -0.2) is 9.78 Å². The average Bonchev–Trinajstić information content (AvgIpc) is 3.11. The highest BCUT2D eigenvalue weighted by Crippen LogP contribution is 2.24. The predicted octanol–water partition coefficient (Wildman–Crippen LogP) is 1.69. The molecule has 2 aromatic rings. The summed E-state index contributed by atoms with van der Waals surface area (Å²) in [5.41, 5.74) is 0.828. The number of rotatable bonds is 8. The van der Waals surface area contributed by atoms with Gasteiger partial charge in [-0.15, -0.1) is 0 Å². The summed E-state index contributed by atoms with van der Waals surface area (Å²) < 4.78 is 7.12. The Bertz CT molecular complexity index is 770. The third-order valence-corrected chi connectivity index (χ3v) is 4.34. The maximum Gasteiger partial charge on any atom is 0.316 e. The van der Waals surface area contributed by atoms with Gasteiger partial charge in [0.1, 0.15) is 17.6 Å². The van der Waals surface area contributed by atoms with Gasteiger partial charge in [0.15, 0.2) is 0 Å². The van der Waals surface area contributed by atoms with E-state index in [1.165, 1.54) is 0 Å². The van der Waals surface area contributed by atoms with Crippen LogP contribution in [0.4, 0.5) is 4.79 Å². The third kappa shape index (κ3) is 5.22. The van der Waals surface area contributed by atoms with Gasteiger partial charge in [0, 0.05) is 32.5 Å². The molecule has 0 aliphatic carbocycles. The van der Waals surface area contributed by atoms with Gasteiger partial charge in [0.2, 0.25) is 5.91 Å². The van der Waals surface area contributed by atoms with E-state index < -0.39 is 12.1 Å². The first kappa shape index (κ1) is 20.3. The van der Waals surface area contributed by atoms with Crippen molar-refractivity contribution in [2.24, 2.45) is 7.05 Å². The molecule has 27 heavy (non-hydrogen) atoms. The van der Waals surface area contributed by atoms with Crippen molar-refractivity contribution in [2.45, 2.75) is 19.9 Å². The summed E-state index contributed by atoms with van der Waals surface area (Å²) in [6, 6.07) is 6.51. The Morgan fingerprint density at radius 2 is 2.04 bits per heavy atom. The van der Waals surface area contributed by atoms with Crippen LogP contribution in [0.3, 0.4) is 0 Å². The lowest BCUT2D eigenvalue weighted by molar-refractivity contribution is -0.129. The van der Waals surface area contributed by atoms with Crippen LogP contribution in [0, 0.1) is 0 Å². The molecule has 0 bridgehead atoms. The first-order valence-corrected chi connectivity index (χ1v) is 8.93. The molecule has 1 atom stereocenters. The van der Waals surface area contributed by atoms with Crippen LogP contribution in [0.1, 0.15) is 31.3 Å².